The minimum absolute atomic E-state index is 0.373. The van der Waals surface area contributed by atoms with E-state index in [4.69, 9.17) is 0 Å². The molecule has 0 unspecified atom stereocenters. The van der Waals surface area contributed by atoms with Gasteiger partial charge in [0.05, 0.1) is 11.1 Å². The lowest BCUT2D eigenvalue weighted by Gasteiger charge is -2.33. The molecule has 1 saturated heterocycles. The molecule has 1 fully saturated rings. The molecule has 0 bridgehead atoms. The third-order valence-corrected chi connectivity index (χ3v) is 7.32. The number of aryl methyl sites for hydroxylation is 1. The predicted octanol–water partition coefficient (Wildman–Crippen LogP) is 2.39. The molecule has 3 aromatic rings. The first-order valence-corrected chi connectivity index (χ1v) is 10.6. The van der Waals surface area contributed by atoms with E-state index in [1.807, 2.05) is 48.3 Å². The number of rotatable bonds is 4. The first-order chi connectivity index (χ1) is 12.9. The quantitative estimate of drug-likeness (QED) is 0.693. The van der Waals surface area contributed by atoms with Gasteiger partial charge in [0.2, 0.25) is 10.0 Å². The molecule has 0 radical (unpaired) electrons. The Balaban J connectivity index is 1.46. The Hall–Kier alpha value is -2.22. The average molecular weight is 385 g/mol. The number of sulfonamides is 1. The molecule has 0 spiro atoms. The van der Waals surface area contributed by atoms with E-state index >= 15 is 0 Å². The van der Waals surface area contributed by atoms with Crippen LogP contribution in [0.4, 0.5) is 0 Å². The van der Waals surface area contributed by atoms with E-state index in [1.54, 1.807) is 16.4 Å². The number of piperazine rings is 1. The molecular formula is C20H24N4O2S. The lowest BCUT2D eigenvalue weighted by atomic mass is 10.1. The molecule has 0 saturated carbocycles. The second-order valence-electron chi connectivity index (χ2n) is 7.07. The van der Waals surface area contributed by atoms with Gasteiger partial charge in [0.15, 0.2) is 0 Å². The highest BCUT2D eigenvalue weighted by atomic mass is 32.2. The van der Waals surface area contributed by atoms with Crippen LogP contribution in [0.5, 0.6) is 0 Å². The third kappa shape index (κ3) is 3.50. The molecule has 142 valence electrons. The van der Waals surface area contributed by atoms with Crippen LogP contribution in [0.15, 0.2) is 53.6 Å². The van der Waals surface area contributed by atoms with Crippen LogP contribution in [0.1, 0.15) is 11.3 Å². The zero-order chi connectivity index (χ0) is 19.0. The summed E-state index contributed by atoms with van der Waals surface area (Å²) < 4.78 is 29.6. The van der Waals surface area contributed by atoms with Crippen molar-refractivity contribution in [3.8, 4) is 0 Å². The summed E-state index contributed by atoms with van der Waals surface area (Å²) in [5.41, 5.74) is 2.35. The maximum atomic E-state index is 13.0. The first kappa shape index (κ1) is 18.2. The molecule has 1 aliphatic heterocycles. The largest absolute Gasteiger partial charge is 0.296 e. The SMILES string of the molecule is Cc1c(CN2CCN(S(=O)(=O)c3ccc4ccccc4c3)CC2)cnn1C. The van der Waals surface area contributed by atoms with Crippen molar-refractivity contribution in [3.63, 3.8) is 0 Å². The van der Waals surface area contributed by atoms with Crippen LogP contribution in [-0.2, 0) is 23.6 Å². The zero-order valence-electron chi connectivity index (χ0n) is 15.7. The lowest BCUT2D eigenvalue weighted by molar-refractivity contribution is 0.181. The smallest absolute Gasteiger partial charge is 0.243 e. The van der Waals surface area contributed by atoms with Gasteiger partial charge in [0.25, 0.3) is 0 Å². The minimum atomic E-state index is -3.46. The highest BCUT2D eigenvalue weighted by Crippen LogP contribution is 2.23. The molecule has 1 aromatic heterocycles. The molecule has 0 N–H and O–H groups in total. The number of aromatic nitrogens is 2. The molecule has 6 nitrogen and oxygen atoms in total. The Bertz CT molecular complexity index is 1070. The fourth-order valence-electron chi connectivity index (χ4n) is 3.55. The molecule has 0 amide bonds. The standard InChI is InChI=1S/C20H24N4O2S/c1-16-19(14-21-22(16)2)15-23-9-11-24(12-10-23)27(25,26)20-8-7-17-5-3-4-6-18(17)13-20/h3-8,13-14H,9-12,15H2,1-2H3. The fraction of sp³-hybridized carbons (Fsp3) is 0.350. The number of nitrogens with zero attached hydrogens (tertiary/aromatic N) is 4. The van der Waals surface area contributed by atoms with Crippen LogP contribution in [0.3, 0.4) is 0 Å². The van der Waals surface area contributed by atoms with E-state index in [0.29, 0.717) is 18.0 Å². The summed E-state index contributed by atoms with van der Waals surface area (Å²) >= 11 is 0. The number of hydrogen-bond donors (Lipinski definition) is 0. The monoisotopic (exact) mass is 384 g/mol. The van der Waals surface area contributed by atoms with Crippen LogP contribution in [0, 0.1) is 6.92 Å². The van der Waals surface area contributed by atoms with Crippen molar-refractivity contribution in [1.82, 2.24) is 19.0 Å². The number of hydrogen-bond acceptors (Lipinski definition) is 4. The fourth-order valence-corrected chi connectivity index (χ4v) is 5.00. The van der Waals surface area contributed by atoms with Crippen molar-refractivity contribution in [2.75, 3.05) is 26.2 Å². The molecule has 0 aliphatic carbocycles. The lowest BCUT2D eigenvalue weighted by Crippen LogP contribution is -2.48. The normalized spacial score (nSPS) is 16.8. The Morgan fingerprint density at radius 3 is 2.37 bits per heavy atom. The van der Waals surface area contributed by atoms with Crippen LogP contribution in [0.2, 0.25) is 0 Å². The molecule has 2 heterocycles. The van der Waals surface area contributed by atoms with Gasteiger partial charge in [-0.2, -0.15) is 9.40 Å². The molecule has 7 heteroatoms. The maximum absolute atomic E-state index is 13.0. The van der Waals surface area contributed by atoms with Crippen molar-refractivity contribution in [1.29, 1.82) is 0 Å². The Labute approximate surface area is 160 Å². The topological polar surface area (TPSA) is 58.4 Å². The van der Waals surface area contributed by atoms with Crippen molar-refractivity contribution in [2.24, 2.45) is 7.05 Å². The number of benzene rings is 2. The average Bonchev–Trinajstić information content (AvgIpc) is 3.00. The number of fused-ring (bicyclic) bond motifs is 1. The van der Waals surface area contributed by atoms with E-state index in [1.165, 1.54) is 5.56 Å². The minimum Gasteiger partial charge on any atom is -0.296 e. The second kappa shape index (κ2) is 7.07. The van der Waals surface area contributed by atoms with Gasteiger partial charge in [-0.1, -0.05) is 30.3 Å². The van der Waals surface area contributed by atoms with Crippen LogP contribution >= 0.6 is 0 Å². The van der Waals surface area contributed by atoms with Crippen LogP contribution < -0.4 is 0 Å². The van der Waals surface area contributed by atoms with Crippen molar-refractivity contribution in [3.05, 3.63) is 59.9 Å². The van der Waals surface area contributed by atoms with Crippen molar-refractivity contribution >= 4 is 20.8 Å². The highest BCUT2D eigenvalue weighted by Gasteiger charge is 2.28. The third-order valence-electron chi connectivity index (χ3n) is 5.42. The molecule has 2 aromatic carbocycles. The Morgan fingerprint density at radius 2 is 1.70 bits per heavy atom. The summed E-state index contributed by atoms with van der Waals surface area (Å²) in [5, 5.41) is 6.28. The summed E-state index contributed by atoms with van der Waals surface area (Å²) in [6.07, 6.45) is 1.90. The van der Waals surface area contributed by atoms with Crippen molar-refractivity contribution < 1.29 is 8.42 Å². The van der Waals surface area contributed by atoms with Gasteiger partial charge in [0, 0.05) is 51.0 Å². The second-order valence-corrected chi connectivity index (χ2v) is 9.01. The van der Waals surface area contributed by atoms with Gasteiger partial charge in [0.1, 0.15) is 0 Å². The van der Waals surface area contributed by atoms with Gasteiger partial charge < -0.3 is 0 Å². The summed E-state index contributed by atoms with van der Waals surface area (Å²) in [7, 11) is -1.53. The van der Waals surface area contributed by atoms with Gasteiger partial charge >= 0.3 is 0 Å². The zero-order valence-corrected chi connectivity index (χ0v) is 16.5. The van der Waals surface area contributed by atoms with E-state index in [0.717, 1.165) is 36.1 Å². The molecule has 27 heavy (non-hydrogen) atoms. The van der Waals surface area contributed by atoms with E-state index in [2.05, 4.69) is 16.9 Å². The van der Waals surface area contributed by atoms with Crippen molar-refractivity contribution in [2.45, 2.75) is 18.4 Å². The molecule has 1 aliphatic rings. The summed E-state index contributed by atoms with van der Waals surface area (Å²) in [6.45, 7) is 5.33. The van der Waals surface area contributed by atoms with Crippen LogP contribution in [0.25, 0.3) is 10.8 Å². The van der Waals surface area contributed by atoms with Gasteiger partial charge in [-0.3, -0.25) is 9.58 Å². The summed E-state index contributed by atoms with van der Waals surface area (Å²) in [6, 6.07) is 13.2. The first-order valence-electron chi connectivity index (χ1n) is 9.14. The predicted molar refractivity (Wildman–Crippen MR) is 106 cm³/mol. The van der Waals surface area contributed by atoms with Gasteiger partial charge in [-0.05, 0) is 29.8 Å². The maximum Gasteiger partial charge on any atom is 0.243 e. The van der Waals surface area contributed by atoms with E-state index in [-0.39, 0.29) is 0 Å². The Morgan fingerprint density at radius 1 is 1.00 bits per heavy atom. The molecule has 4 rings (SSSR count). The van der Waals surface area contributed by atoms with E-state index in [9.17, 15) is 8.42 Å². The van der Waals surface area contributed by atoms with E-state index < -0.39 is 10.0 Å². The Kier molecular flexibility index (Phi) is 4.75. The van der Waals surface area contributed by atoms with Crippen LogP contribution in [-0.4, -0.2) is 53.6 Å². The highest BCUT2D eigenvalue weighted by molar-refractivity contribution is 7.89. The van der Waals surface area contributed by atoms with Gasteiger partial charge in [-0.25, -0.2) is 8.42 Å². The summed E-state index contributed by atoms with van der Waals surface area (Å²) in [4.78, 5) is 2.66. The summed E-state index contributed by atoms with van der Waals surface area (Å²) in [5.74, 6) is 0. The molecular weight excluding hydrogens is 360 g/mol. The van der Waals surface area contributed by atoms with Gasteiger partial charge in [-0.15, -0.1) is 0 Å². The molecule has 0 atom stereocenters.